The van der Waals surface area contributed by atoms with E-state index in [1.807, 2.05) is 19.1 Å². The lowest BCUT2D eigenvalue weighted by Crippen LogP contribution is -2.49. The molecule has 2 unspecified atom stereocenters. The monoisotopic (exact) mass is 451 g/mol. The van der Waals surface area contributed by atoms with Crippen LogP contribution >= 0.6 is 38.5 Å². The summed E-state index contributed by atoms with van der Waals surface area (Å²) in [7, 11) is 0. The Morgan fingerprint density at radius 3 is 2.80 bits per heavy atom. The number of amides is 1. The summed E-state index contributed by atoms with van der Waals surface area (Å²) in [6.45, 7) is 2.52. The normalized spacial score (nSPS) is 22.6. The summed E-state index contributed by atoms with van der Waals surface area (Å²) in [5.74, 6) is -0.805. The molecule has 1 heterocycles. The lowest BCUT2D eigenvalue weighted by atomic mass is 9.92. The van der Waals surface area contributed by atoms with Crippen LogP contribution in [0.15, 0.2) is 22.7 Å². The van der Waals surface area contributed by atoms with Crippen molar-refractivity contribution in [3.63, 3.8) is 0 Å². The highest BCUT2D eigenvalue weighted by Gasteiger charge is 2.35. The molecule has 1 aliphatic rings. The first-order valence-corrected chi connectivity index (χ1v) is 8.26. The molecule has 2 atom stereocenters. The van der Waals surface area contributed by atoms with Crippen molar-refractivity contribution in [2.24, 2.45) is 5.92 Å². The summed E-state index contributed by atoms with van der Waals surface area (Å²) in [5, 5.41) is 9.34. The van der Waals surface area contributed by atoms with E-state index in [1.54, 1.807) is 6.07 Å². The average Bonchev–Trinajstić information content (AvgIpc) is 2.40. The number of carbonyl (C=O) groups excluding carboxylic acids is 1. The summed E-state index contributed by atoms with van der Waals surface area (Å²) in [5.41, 5.74) is 0.526. The Morgan fingerprint density at radius 2 is 2.15 bits per heavy atom. The molecule has 1 saturated heterocycles. The van der Waals surface area contributed by atoms with Crippen molar-refractivity contribution >= 4 is 50.4 Å². The Morgan fingerprint density at radius 1 is 1.45 bits per heavy atom. The van der Waals surface area contributed by atoms with E-state index >= 15 is 0 Å². The van der Waals surface area contributed by atoms with Gasteiger partial charge in [-0.05, 0) is 75.5 Å². The molecular formula is C14H15BrINO3. The molecule has 0 bridgehead atoms. The second-order valence-corrected chi connectivity index (χ2v) is 7.21. The average molecular weight is 452 g/mol. The summed E-state index contributed by atoms with van der Waals surface area (Å²) in [4.78, 5) is 25.5. The largest absolute Gasteiger partial charge is 0.480 e. The number of halogens is 2. The van der Waals surface area contributed by atoms with E-state index in [0.29, 0.717) is 28.9 Å². The van der Waals surface area contributed by atoms with Crippen molar-refractivity contribution in [3.8, 4) is 0 Å². The van der Waals surface area contributed by atoms with Gasteiger partial charge in [-0.1, -0.05) is 6.92 Å². The zero-order valence-corrected chi connectivity index (χ0v) is 14.7. The fourth-order valence-corrected chi connectivity index (χ4v) is 3.34. The van der Waals surface area contributed by atoms with Gasteiger partial charge in [-0.15, -0.1) is 0 Å². The van der Waals surface area contributed by atoms with Crippen LogP contribution in [0.5, 0.6) is 0 Å². The maximum atomic E-state index is 12.6. The number of nitrogens with zero attached hydrogens (tertiary/aromatic N) is 1. The molecule has 6 heteroatoms. The quantitative estimate of drug-likeness (QED) is 0.701. The lowest BCUT2D eigenvalue weighted by molar-refractivity contribution is -0.144. The summed E-state index contributed by atoms with van der Waals surface area (Å²) in [6, 6.07) is 4.77. The van der Waals surface area contributed by atoms with Gasteiger partial charge in [0, 0.05) is 14.6 Å². The number of hydrogen-bond donors (Lipinski definition) is 1. The minimum Gasteiger partial charge on any atom is -0.480 e. The Labute approximate surface area is 139 Å². The number of carboxylic acids is 1. The predicted octanol–water partition coefficient (Wildman–Crippen LogP) is 3.38. The number of hydrogen-bond acceptors (Lipinski definition) is 2. The number of carboxylic acid groups (broad SMARTS) is 1. The van der Waals surface area contributed by atoms with Gasteiger partial charge >= 0.3 is 5.97 Å². The minimum atomic E-state index is -0.924. The van der Waals surface area contributed by atoms with E-state index < -0.39 is 12.0 Å². The third-order valence-electron chi connectivity index (χ3n) is 3.57. The van der Waals surface area contributed by atoms with Gasteiger partial charge in [-0.25, -0.2) is 4.79 Å². The molecule has 0 saturated carbocycles. The standard InChI is InChI=1S/C14H15BrINO3/c1-8-4-5-17(12(6-8)14(19)20)13(18)10-7-9(16)2-3-11(10)15/h2-3,7-8,12H,4-6H2,1H3,(H,19,20). The molecule has 1 aliphatic heterocycles. The molecule has 108 valence electrons. The van der Waals surface area contributed by atoms with Crippen molar-refractivity contribution < 1.29 is 14.7 Å². The van der Waals surface area contributed by atoms with Gasteiger partial charge in [-0.3, -0.25) is 4.79 Å². The molecule has 2 rings (SSSR count). The molecular weight excluding hydrogens is 437 g/mol. The fourth-order valence-electron chi connectivity index (χ4n) is 2.43. The maximum Gasteiger partial charge on any atom is 0.326 e. The second kappa shape index (κ2) is 6.43. The molecule has 0 aromatic heterocycles. The molecule has 1 N–H and O–H groups in total. The first-order chi connectivity index (χ1) is 9.40. The minimum absolute atomic E-state index is 0.213. The van der Waals surface area contributed by atoms with Crippen LogP contribution in [-0.2, 0) is 4.79 Å². The summed E-state index contributed by atoms with van der Waals surface area (Å²) in [6.07, 6.45) is 1.36. The SMILES string of the molecule is CC1CCN(C(=O)c2cc(I)ccc2Br)C(C(=O)O)C1. The second-order valence-electron chi connectivity index (χ2n) is 5.11. The number of rotatable bonds is 2. The van der Waals surface area contributed by atoms with E-state index in [0.717, 1.165) is 9.99 Å². The summed E-state index contributed by atoms with van der Waals surface area (Å²) >= 11 is 5.51. The van der Waals surface area contributed by atoms with Crippen molar-refractivity contribution in [2.45, 2.75) is 25.8 Å². The van der Waals surface area contributed by atoms with Crippen molar-refractivity contribution in [3.05, 3.63) is 31.8 Å². The molecule has 1 fully saturated rings. The van der Waals surface area contributed by atoms with Gasteiger partial charge in [0.2, 0.25) is 0 Å². The number of likely N-dealkylation sites (tertiary alicyclic amines) is 1. The third kappa shape index (κ3) is 3.33. The maximum absolute atomic E-state index is 12.6. The van der Waals surface area contributed by atoms with Gasteiger partial charge in [0.1, 0.15) is 6.04 Å². The fraction of sp³-hybridized carbons (Fsp3) is 0.429. The molecule has 0 radical (unpaired) electrons. The molecule has 0 spiro atoms. The zero-order chi connectivity index (χ0) is 14.9. The molecule has 1 amide bonds. The van der Waals surface area contributed by atoms with Gasteiger partial charge in [0.15, 0.2) is 0 Å². The van der Waals surface area contributed by atoms with Crippen LogP contribution in [0.4, 0.5) is 0 Å². The van der Waals surface area contributed by atoms with E-state index in [-0.39, 0.29) is 5.91 Å². The Bertz CT molecular complexity index is 549. The van der Waals surface area contributed by atoms with Crippen LogP contribution in [0.3, 0.4) is 0 Å². The van der Waals surface area contributed by atoms with Crippen molar-refractivity contribution in [1.82, 2.24) is 4.90 Å². The third-order valence-corrected chi connectivity index (χ3v) is 4.93. The summed E-state index contributed by atoms with van der Waals surface area (Å²) < 4.78 is 1.65. The molecule has 1 aromatic rings. The number of benzene rings is 1. The first-order valence-electron chi connectivity index (χ1n) is 6.39. The molecule has 0 aliphatic carbocycles. The highest BCUT2D eigenvalue weighted by molar-refractivity contribution is 14.1. The molecule has 1 aromatic carbocycles. The van der Waals surface area contributed by atoms with Crippen LogP contribution in [-0.4, -0.2) is 34.5 Å². The van der Waals surface area contributed by atoms with Gasteiger partial charge in [-0.2, -0.15) is 0 Å². The highest BCUT2D eigenvalue weighted by atomic mass is 127. The van der Waals surface area contributed by atoms with E-state index in [2.05, 4.69) is 38.5 Å². The van der Waals surface area contributed by atoms with Crippen LogP contribution in [0, 0.1) is 9.49 Å². The molecule has 20 heavy (non-hydrogen) atoms. The van der Waals surface area contributed by atoms with E-state index in [1.165, 1.54) is 4.90 Å². The predicted molar refractivity (Wildman–Crippen MR) is 87.7 cm³/mol. The van der Waals surface area contributed by atoms with Crippen LogP contribution in [0.25, 0.3) is 0 Å². The van der Waals surface area contributed by atoms with Crippen LogP contribution < -0.4 is 0 Å². The number of piperidine rings is 1. The van der Waals surface area contributed by atoms with Crippen LogP contribution in [0.1, 0.15) is 30.1 Å². The smallest absolute Gasteiger partial charge is 0.326 e. The lowest BCUT2D eigenvalue weighted by Gasteiger charge is -2.36. The Kier molecular flexibility index (Phi) is 5.06. The van der Waals surface area contributed by atoms with Gasteiger partial charge in [0.25, 0.3) is 5.91 Å². The number of aliphatic carboxylic acids is 1. The van der Waals surface area contributed by atoms with Crippen molar-refractivity contribution in [1.29, 1.82) is 0 Å². The van der Waals surface area contributed by atoms with Crippen molar-refractivity contribution in [2.75, 3.05) is 6.54 Å². The Balaban J connectivity index is 2.31. The highest BCUT2D eigenvalue weighted by Crippen LogP contribution is 2.27. The van der Waals surface area contributed by atoms with E-state index in [4.69, 9.17) is 0 Å². The molecule has 4 nitrogen and oxygen atoms in total. The van der Waals surface area contributed by atoms with Gasteiger partial charge in [0.05, 0.1) is 5.56 Å². The topological polar surface area (TPSA) is 57.6 Å². The van der Waals surface area contributed by atoms with Crippen LogP contribution in [0.2, 0.25) is 0 Å². The van der Waals surface area contributed by atoms with E-state index in [9.17, 15) is 14.7 Å². The first kappa shape index (κ1) is 15.8. The Hall–Kier alpha value is -0.630. The zero-order valence-electron chi connectivity index (χ0n) is 11.0. The van der Waals surface area contributed by atoms with Gasteiger partial charge < -0.3 is 10.0 Å². The number of carbonyl (C=O) groups is 2.